The molecule has 50 valence electrons. The molecule has 0 aromatic carbocycles. The van der Waals surface area contributed by atoms with Gasteiger partial charge in [-0.1, -0.05) is 22.6 Å². The molecule has 8 heavy (non-hydrogen) atoms. The standard InChI is InChI=1S/C5H13IOSi/c1-8(2)7-5-3-4-6/h8H,3-5H2,1-2H3. The quantitative estimate of drug-likeness (QED) is 0.317. The van der Waals surface area contributed by atoms with Crippen LogP contribution in [0.1, 0.15) is 6.42 Å². The molecule has 0 aliphatic heterocycles. The highest BCUT2D eigenvalue weighted by atomic mass is 127. The summed E-state index contributed by atoms with van der Waals surface area (Å²) in [5, 5.41) is 0. The van der Waals surface area contributed by atoms with E-state index in [1.807, 2.05) is 0 Å². The highest BCUT2D eigenvalue weighted by Gasteiger charge is 1.92. The molecule has 1 nitrogen and oxygen atoms in total. The SMILES string of the molecule is C[SiH](C)OCCCI. The number of hydrogen-bond donors (Lipinski definition) is 0. The maximum atomic E-state index is 5.42. The van der Waals surface area contributed by atoms with Gasteiger partial charge < -0.3 is 4.43 Å². The minimum Gasteiger partial charge on any atom is -0.421 e. The van der Waals surface area contributed by atoms with Gasteiger partial charge in [0.2, 0.25) is 0 Å². The lowest BCUT2D eigenvalue weighted by Crippen LogP contribution is -2.08. The van der Waals surface area contributed by atoms with Crippen LogP contribution >= 0.6 is 22.6 Å². The number of hydrogen-bond acceptors (Lipinski definition) is 1. The second-order valence-corrected chi connectivity index (χ2v) is 5.47. The Kier molecular flexibility index (Phi) is 6.72. The van der Waals surface area contributed by atoms with Gasteiger partial charge >= 0.3 is 0 Å². The van der Waals surface area contributed by atoms with Crippen LogP contribution in [0, 0.1) is 0 Å². The lowest BCUT2D eigenvalue weighted by molar-refractivity contribution is 0.328. The van der Waals surface area contributed by atoms with Crippen molar-refractivity contribution >= 4 is 31.6 Å². The van der Waals surface area contributed by atoms with Crippen LogP contribution in [-0.2, 0) is 4.43 Å². The molecule has 0 radical (unpaired) electrons. The summed E-state index contributed by atoms with van der Waals surface area (Å²) in [4.78, 5) is 0. The Balaban J connectivity index is 2.72. The molecule has 0 unspecified atom stereocenters. The predicted octanol–water partition coefficient (Wildman–Crippen LogP) is 1.81. The van der Waals surface area contributed by atoms with Gasteiger partial charge in [-0.25, -0.2) is 0 Å². The predicted molar refractivity (Wildman–Crippen MR) is 48.3 cm³/mol. The first-order chi connectivity index (χ1) is 3.77. The first-order valence-electron chi connectivity index (χ1n) is 2.95. The molecule has 0 saturated heterocycles. The lowest BCUT2D eigenvalue weighted by atomic mass is 10.5. The zero-order chi connectivity index (χ0) is 6.41. The largest absolute Gasteiger partial charge is 0.421 e. The van der Waals surface area contributed by atoms with E-state index in [1.54, 1.807) is 0 Å². The number of alkyl halides is 1. The fraction of sp³-hybridized carbons (Fsp3) is 1.00. The summed E-state index contributed by atoms with van der Waals surface area (Å²) < 4.78 is 6.64. The minimum absolute atomic E-state index is 0.705. The van der Waals surface area contributed by atoms with Crippen molar-refractivity contribution in [3.05, 3.63) is 0 Å². The van der Waals surface area contributed by atoms with Crippen molar-refractivity contribution in [3.63, 3.8) is 0 Å². The average molecular weight is 244 g/mol. The second-order valence-electron chi connectivity index (χ2n) is 1.96. The molecular weight excluding hydrogens is 231 g/mol. The summed E-state index contributed by atoms with van der Waals surface area (Å²) in [6.45, 7) is 5.38. The first kappa shape index (κ1) is 8.91. The topological polar surface area (TPSA) is 9.23 Å². The van der Waals surface area contributed by atoms with Crippen LogP contribution in [0.4, 0.5) is 0 Å². The molecule has 0 aromatic rings. The monoisotopic (exact) mass is 244 g/mol. The van der Waals surface area contributed by atoms with Crippen molar-refractivity contribution < 1.29 is 4.43 Å². The summed E-state index contributed by atoms with van der Waals surface area (Å²) in [6.07, 6.45) is 1.21. The van der Waals surface area contributed by atoms with E-state index < -0.39 is 9.04 Å². The molecule has 0 aromatic heterocycles. The molecule has 0 aliphatic carbocycles. The summed E-state index contributed by atoms with van der Waals surface area (Å²) in [6, 6.07) is 0. The van der Waals surface area contributed by atoms with Gasteiger partial charge in [-0.3, -0.25) is 0 Å². The summed E-state index contributed by atoms with van der Waals surface area (Å²) in [5.74, 6) is 0. The van der Waals surface area contributed by atoms with Crippen LogP contribution in [0.2, 0.25) is 13.1 Å². The highest BCUT2D eigenvalue weighted by molar-refractivity contribution is 14.1. The van der Waals surface area contributed by atoms with Gasteiger partial charge in [0.25, 0.3) is 0 Å². The molecule has 0 aliphatic rings. The molecular formula is C5H13IOSi. The van der Waals surface area contributed by atoms with Crippen molar-refractivity contribution in [2.75, 3.05) is 11.0 Å². The van der Waals surface area contributed by atoms with E-state index in [2.05, 4.69) is 35.7 Å². The molecule has 0 atom stereocenters. The Bertz CT molecular complexity index is 49.7. The van der Waals surface area contributed by atoms with Gasteiger partial charge in [0.1, 0.15) is 0 Å². The molecule has 0 N–H and O–H groups in total. The summed E-state index contributed by atoms with van der Waals surface area (Å²) in [7, 11) is -0.705. The molecule has 0 fully saturated rings. The molecule has 0 amide bonds. The second kappa shape index (κ2) is 6.03. The Labute approximate surface area is 66.7 Å². The Morgan fingerprint density at radius 2 is 2.12 bits per heavy atom. The van der Waals surface area contributed by atoms with E-state index in [-0.39, 0.29) is 0 Å². The van der Waals surface area contributed by atoms with Gasteiger partial charge in [0.15, 0.2) is 9.04 Å². The van der Waals surface area contributed by atoms with Crippen LogP contribution in [-0.4, -0.2) is 20.1 Å². The average Bonchev–Trinajstić information content (AvgIpc) is 1.66. The highest BCUT2D eigenvalue weighted by Crippen LogP contribution is 1.91. The third-order valence-electron chi connectivity index (χ3n) is 0.729. The molecule has 0 bridgehead atoms. The molecule has 0 saturated carbocycles. The van der Waals surface area contributed by atoms with Gasteiger partial charge in [-0.15, -0.1) is 0 Å². The Hall–Kier alpha value is 0.907. The van der Waals surface area contributed by atoms with E-state index in [9.17, 15) is 0 Å². The fourth-order valence-corrected chi connectivity index (χ4v) is 1.32. The zero-order valence-corrected chi connectivity index (χ0v) is 8.80. The normalized spacial score (nSPS) is 10.5. The van der Waals surface area contributed by atoms with Crippen molar-refractivity contribution in [1.82, 2.24) is 0 Å². The lowest BCUT2D eigenvalue weighted by Gasteiger charge is -2.02. The summed E-state index contributed by atoms with van der Waals surface area (Å²) >= 11 is 2.37. The molecule has 0 rings (SSSR count). The van der Waals surface area contributed by atoms with Crippen molar-refractivity contribution in [2.45, 2.75) is 19.5 Å². The van der Waals surface area contributed by atoms with Crippen LogP contribution < -0.4 is 0 Å². The third kappa shape index (κ3) is 6.91. The maximum Gasteiger partial charge on any atom is 0.170 e. The fourth-order valence-electron chi connectivity index (χ4n) is 0.374. The van der Waals surface area contributed by atoms with Crippen LogP contribution in [0.5, 0.6) is 0 Å². The molecule has 0 heterocycles. The molecule has 0 spiro atoms. The van der Waals surface area contributed by atoms with Gasteiger partial charge in [-0.05, 0) is 19.5 Å². The maximum absolute atomic E-state index is 5.42. The van der Waals surface area contributed by atoms with E-state index in [4.69, 9.17) is 4.43 Å². The third-order valence-corrected chi connectivity index (χ3v) is 2.39. The summed E-state index contributed by atoms with van der Waals surface area (Å²) in [5.41, 5.74) is 0. The van der Waals surface area contributed by atoms with E-state index >= 15 is 0 Å². The van der Waals surface area contributed by atoms with Crippen molar-refractivity contribution in [2.24, 2.45) is 0 Å². The van der Waals surface area contributed by atoms with E-state index in [0.29, 0.717) is 0 Å². The number of rotatable bonds is 4. The van der Waals surface area contributed by atoms with Crippen molar-refractivity contribution in [1.29, 1.82) is 0 Å². The zero-order valence-electron chi connectivity index (χ0n) is 5.48. The first-order valence-corrected chi connectivity index (χ1v) is 7.25. The van der Waals surface area contributed by atoms with Crippen LogP contribution in [0.15, 0.2) is 0 Å². The van der Waals surface area contributed by atoms with Gasteiger partial charge in [-0.2, -0.15) is 0 Å². The van der Waals surface area contributed by atoms with Gasteiger partial charge in [0, 0.05) is 11.0 Å². The van der Waals surface area contributed by atoms with Gasteiger partial charge in [0.05, 0.1) is 0 Å². The van der Waals surface area contributed by atoms with E-state index in [0.717, 1.165) is 6.61 Å². The van der Waals surface area contributed by atoms with Crippen LogP contribution in [0.3, 0.4) is 0 Å². The van der Waals surface area contributed by atoms with E-state index in [1.165, 1.54) is 10.8 Å². The smallest absolute Gasteiger partial charge is 0.170 e. The Morgan fingerprint density at radius 3 is 2.50 bits per heavy atom. The van der Waals surface area contributed by atoms with Crippen LogP contribution in [0.25, 0.3) is 0 Å². The minimum atomic E-state index is -0.705. The number of halogens is 1. The Morgan fingerprint density at radius 1 is 1.50 bits per heavy atom. The molecule has 3 heteroatoms. The van der Waals surface area contributed by atoms with Crippen molar-refractivity contribution in [3.8, 4) is 0 Å².